The predicted molar refractivity (Wildman–Crippen MR) is 60.3 cm³/mol. The van der Waals surface area contributed by atoms with E-state index in [1.54, 1.807) is 0 Å². The Morgan fingerprint density at radius 2 is 2.13 bits per heavy atom. The lowest BCUT2D eigenvalue weighted by Crippen LogP contribution is -2.37. The van der Waals surface area contributed by atoms with Crippen LogP contribution in [0.5, 0.6) is 0 Å². The molecule has 80 valence electrons. The van der Waals surface area contributed by atoms with E-state index in [0.29, 0.717) is 11.9 Å². The van der Waals surface area contributed by atoms with E-state index < -0.39 is 0 Å². The Labute approximate surface area is 90.2 Å². The Morgan fingerprint density at radius 3 is 2.73 bits per heavy atom. The molecule has 15 heavy (non-hydrogen) atoms. The molecule has 0 aliphatic carbocycles. The topological polar surface area (TPSA) is 36.3 Å². The first-order valence-electron chi connectivity index (χ1n) is 5.23. The van der Waals surface area contributed by atoms with Crippen molar-refractivity contribution in [1.29, 1.82) is 5.41 Å². The van der Waals surface area contributed by atoms with E-state index in [1.165, 1.54) is 0 Å². The van der Waals surface area contributed by atoms with Crippen LogP contribution in [0, 0.1) is 5.41 Å². The highest BCUT2D eigenvalue weighted by molar-refractivity contribution is 5.96. The maximum atomic E-state index is 8.07. The average molecular weight is 204 g/mol. The summed E-state index contributed by atoms with van der Waals surface area (Å²) in [4.78, 5) is 2.00. The van der Waals surface area contributed by atoms with Crippen molar-refractivity contribution < 1.29 is 4.74 Å². The highest BCUT2D eigenvalue weighted by atomic mass is 16.5. The lowest BCUT2D eigenvalue weighted by Gasteiger charge is -2.25. The van der Waals surface area contributed by atoms with Crippen LogP contribution in [0.15, 0.2) is 30.3 Å². The molecule has 1 fully saturated rings. The summed E-state index contributed by atoms with van der Waals surface area (Å²) in [6.45, 7) is 1.56. The fourth-order valence-corrected chi connectivity index (χ4v) is 1.81. The summed E-state index contributed by atoms with van der Waals surface area (Å²) < 4.78 is 5.33. The molecule has 1 saturated heterocycles. The van der Waals surface area contributed by atoms with Gasteiger partial charge in [-0.25, -0.2) is 0 Å². The van der Waals surface area contributed by atoms with Gasteiger partial charge in [0.05, 0.1) is 12.6 Å². The first-order valence-corrected chi connectivity index (χ1v) is 5.23. The number of likely N-dealkylation sites (N-methyl/N-ethyl adjacent to an activating group) is 1. The van der Waals surface area contributed by atoms with Gasteiger partial charge in [-0.3, -0.25) is 5.41 Å². The van der Waals surface area contributed by atoms with Crippen molar-refractivity contribution in [1.82, 2.24) is 4.90 Å². The molecule has 0 bridgehead atoms. The molecule has 1 aromatic rings. The normalized spacial score (nSPS) is 20.2. The van der Waals surface area contributed by atoms with Crippen LogP contribution in [0.25, 0.3) is 0 Å². The van der Waals surface area contributed by atoms with E-state index in [4.69, 9.17) is 10.1 Å². The fraction of sp³-hybridized carbons (Fsp3) is 0.417. The first kappa shape index (κ1) is 10.2. The van der Waals surface area contributed by atoms with Gasteiger partial charge in [0.25, 0.3) is 0 Å². The van der Waals surface area contributed by atoms with Crippen LogP contribution < -0.4 is 0 Å². The molecule has 1 N–H and O–H groups in total. The number of hydrogen-bond donors (Lipinski definition) is 1. The lowest BCUT2D eigenvalue weighted by atomic mass is 10.1. The van der Waals surface area contributed by atoms with Crippen molar-refractivity contribution in [3.8, 4) is 0 Å². The maximum Gasteiger partial charge on any atom is 0.128 e. The third kappa shape index (κ3) is 2.18. The summed E-state index contributed by atoms with van der Waals surface area (Å²) >= 11 is 0. The van der Waals surface area contributed by atoms with Gasteiger partial charge in [0.15, 0.2) is 0 Å². The molecular weight excluding hydrogens is 188 g/mol. The minimum atomic E-state index is 0.359. The number of benzene rings is 1. The molecule has 0 aromatic heterocycles. The van der Waals surface area contributed by atoms with Crippen molar-refractivity contribution in [3.05, 3.63) is 35.9 Å². The summed E-state index contributed by atoms with van der Waals surface area (Å²) in [6.07, 6.45) is 1.02. The van der Waals surface area contributed by atoms with Crippen LogP contribution in [-0.2, 0) is 4.74 Å². The SMILES string of the molecule is CN(C(=N)c1ccccc1)C1CCOC1. The van der Waals surface area contributed by atoms with E-state index in [0.717, 1.165) is 25.2 Å². The molecule has 2 rings (SSSR count). The second-order valence-electron chi connectivity index (χ2n) is 3.84. The second-order valence-corrected chi connectivity index (χ2v) is 3.84. The molecule has 1 heterocycles. The number of ether oxygens (including phenoxy) is 1. The first-order chi connectivity index (χ1) is 7.29. The molecule has 1 unspecified atom stereocenters. The van der Waals surface area contributed by atoms with Gasteiger partial charge < -0.3 is 9.64 Å². The lowest BCUT2D eigenvalue weighted by molar-refractivity contribution is 0.179. The zero-order valence-electron chi connectivity index (χ0n) is 8.94. The van der Waals surface area contributed by atoms with Gasteiger partial charge in [-0.15, -0.1) is 0 Å². The average Bonchev–Trinajstić information content (AvgIpc) is 2.82. The molecule has 1 atom stereocenters. The molecule has 0 spiro atoms. The predicted octanol–water partition coefficient (Wildman–Crippen LogP) is 1.73. The number of nitrogens with one attached hydrogen (secondary N) is 1. The van der Waals surface area contributed by atoms with Crippen molar-refractivity contribution in [2.75, 3.05) is 20.3 Å². The molecule has 1 aliphatic heterocycles. The standard InChI is InChI=1S/C12H16N2O/c1-14(11-7-8-15-9-11)12(13)10-5-3-2-4-6-10/h2-6,11,13H,7-9H2,1H3. The molecule has 3 nitrogen and oxygen atoms in total. The second kappa shape index (κ2) is 4.45. The van der Waals surface area contributed by atoms with Crippen molar-refractivity contribution in [2.45, 2.75) is 12.5 Å². The van der Waals surface area contributed by atoms with Crippen LogP contribution >= 0.6 is 0 Å². The van der Waals surface area contributed by atoms with Gasteiger partial charge in [0, 0.05) is 19.2 Å². The van der Waals surface area contributed by atoms with Crippen LogP contribution in [0.4, 0.5) is 0 Å². The summed E-state index contributed by atoms with van der Waals surface area (Å²) in [5.74, 6) is 0.575. The molecular formula is C12H16N2O. The highest BCUT2D eigenvalue weighted by Crippen LogP contribution is 2.13. The van der Waals surface area contributed by atoms with Crippen LogP contribution in [-0.4, -0.2) is 37.0 Å². The molecule has 3 heteroatoms. The Kier molecular flexibility index (Phi) is 3.02. The van der Waals surface area contributed by atoms with Gasteiger partial charge in [-0.05, 0) is 6.42 Å². The fourth-order valence-electron chi connectivity index (χ4n) is 1.81. The minimum Gasteiger partial charge on any atom is -0.379 e. The van der Waals surface area contributed by atoms with E-state index in [-0.39, 0.29) is 0 Å². The van der Waals surface area contributed by atoms with E-state index in [9.17, 15) is 0 Å². The van der Waals surface area contributed by atoms with E-state index >= 15 is 0 Å². The van der Waals surface area contributed by atoms with Gasteiger partial charge in [0.2, 0.25) is 0 Å². The number of nitrogens with zero attached hydrogens (tertiary/aromatic N) is 1. The molecule has 0 saturated carbocycles. The summed E-state index contributed by atoms with van der Waals surface area (Å²) in [5.41, 5.74) is 0.965. The van der Waals surface area contributed by atoms with Gasteiger partial charge in [-0.1, -0.05) is 30.3 Å². The third-order valence-corrected chi connectivity index (χ3v) is 2.85. The quantitative estimate of drug-likeness (QED) is 0.588. The zero-order valence-corrected chi connectivity index (χ0v) is 8.94. The Balaban J connectivity index is 2.07. The van der Waals surface area contributed by atoms with Crippen molar-refractivity contribution >= 4 is 5.84 Å². The number of hydrogen-bond acceptors (Lipinski definition) is 2. The summed E-state index contributed by atoms with van der Waals surface area (Å²) in [6, 6.07) is 10.2. The number of rotatable bonds is 2. The van der Waals surface area contributed by atoms with Gasteiger partial charge in [-0.2, -0.15) is 0 Å². The number of amidine groups is 1. The van der Waals surface area contributed by atoms with Gasteiger partial charge >= 0.3 is 0 Å². The van der Waals surface area contributed by atoms with Crippen molar-refractivity contribution in [3.63, 3.8) is 0 Å². The van der Waals surface area contributed by atoms with Crippen LogP contribution in [0.3, 0.4) is 0 Å². The maximum absolute atomic E-state index is 8.07. The van der Waals surface area contributed by atoms with E-state index in [2.05, 4.69) is 0 Å². The molecule has 0 radical (unpaired) electrons. The smallest absolute Gasteiger partial charge is 0.128 e. The van der Waals surface area contributed by atoms with Crippen LogP contribution in [0.1, 0.15) is 12.0 Å². The molecule has 1 aromatic carbocycles. The Morgan fingerprint density at radius 1 is 1.40 bits per heavy atom. The van der Waals surface area contributed by atoms with E-state index in [1.807, 2.05) is 42.3 Å². The molecule has 0 amide bonds. The largest absolute Gasteiger partial charge is 0.379 e. The summed E-state index contributed by atoms with van der Waals surface area (Å²) in [5, 5.41) is 8.07. The van der Waals surface area contributed by atoms with Gasteiger partial charge in [0.1, 0.15) is 5.84 Å². The monoisotopic (exact) mass is 204 g/mol. The Hall–Kier alpha value is -1.35. The zero-order chi connectivity index (χ0) is 10.7. The Bertz CT molecular complexity index is 331. The van der Waals surface area contributed by atoms with Crippen molar-refractivity contribution in [2.24, 2.45) is 0 Å². The third-order valence-electron chi connectivity index (χ3n) is 2.85. The summed E-state index contributed by atoms with van der Waals surface area (Å²) in [7, 11) is 1.97. The highest BCUT2D eigenvalue weighted by Gasteiger charge is 2.22. The molecule has 1 aliphatic rings. The van der Waals surface area contributed by atoms with Crippen LogP contribution in [0.2, 0.25) is 0 Å². The minimum absolute atomic E-state index is 0.359.